The smallest absolute Gasteiger partial charge is 0.321 e. The van der Waals surface area contributed by atoms with Crippen LogP contribution in [-0.2, 0) is 15.0 Å². The molecule has 0 saturated carbocycles. The first kappa shape index (κ1) is 21.8. The van der Waals surface area contributed by atoms with Gasteiger partial charge in [0.2, 0.25) is 5.91 Å². The number of amides is 1. The van der Waals surface area contributed by atoms with Gasteiger partial charge in [0.05, 0.1) is 5.02 Å². The van der Waals surface area contributed by atoms with Crippen molar-refractivity contribution < 1.29 is 19.1 Å². The number of anilines is 1. The maximum absolute atomic E-state index is 15.3. The lowest BCUT2D eigenvalue weighted by molar-refractivity contribution is -0.139. The maximum atomic E-state index is 15.3. The standard InChI is InChI=1S/C24H26ClFN2O3/c1-12-8-9-14-16(10-12)27-22(31)24(14)17(11-23(2,3)4)28-20(21(29)30)18(24)13-6-5-7-15(25)19(13)26/h5-10,17-18,20,28H,11H2,1-4H3,(H,27,31)(H,29,30)/t17-,18+,20-,24+/m1/s1. The zero-order chi connectivity index (χ0) is 22.7. The third-order valence-electron chi connectivity index (χ3n) is 6.40. The average Bonchev–Trinajstić information content (AvgIpc) is 3.12. The summed E-state index contributed by atoms with van der Waals surface area (Å²) >= 11 is 6.07. The van der Waals surface area contributed by atoms with Gasteiger partial charge in [-0.25, -0.2) is 4.39 Å². The number of carboxylic acids is 1. The number of hydrogen-bond donors (Lipinski definition) is 3. The van der Waals surface area contributed by atoms with E-state index in [1.54, 1.807) is 6.07 Å². The van der Waals surface area contributed by atoms with E-state index in [1.165, 1.54) is 12.1 Å². The van der Waals surface area contributed by atoms with Crippen molar-refractivity contribution in [2.24, 2.45) is 5.41 Å². The Hall–Kier alpha value is -2.44. The molecule has 31 heavy (non-hydrogen) atoms. The predicted octanol–water partition coefficient (Wildman–Crippen LogP) is 4.62. The largest absolute Gasteiger partial charge is 0.480 e. The van der Waals surface area contributed by atoms with Gasteiger partial charge in [0.25, 0.3) is 0 Å². The number of rotatable bonds is 3. The first-order valence-electron chi connectivity index (χ1n) is 10.3. The normalized spacial score (nSPS) is 27.4. The fourth-order valence-electron chi connectivity index (χ4n) is 5.28. The second kappa shape index (κ2) is 7.31. The number of carbonyl (C=O) groups is 2. The van der Waals surface area contributed by atoms with E-state index in [1.807, 2.05) is 45.9 Å². The van der Waals surface area contributed by atoms with Crippen molar-refractivity contribution in [3.05, 3.63) is 63.9 Å². The summed E-state index contributed by atoms with van der Waals surface area (Å²) in [5.41, 5.74) is 0.943. The number of halogens is 2. The Kier molecular flexibility index (Phi) is 5.14. The van der Waals surface area contributed by atoms with E-state index in [4.69, 9.17) is 11.6 Å². The quantitative estimate of drug-likeness (QED) is 0.645. The molecule has 7 heteroatoms. The Bertz CT molecular complexity index is 1080. The second-order valence-electron chi connectivity index (χ2n) is 9.79. The fraction of sp³-hybridized carbons (Fsp3) is 0.417. The van der Waals surface area contributed by atoms with Crippen LogP contribution in [0.3, 0.4) is 0 Å². The SMILES string of the molecule is Cc1ccc2c(c1)NC(=O)[C@]21[C@@H](CC(C)(C)C)N[C@@H](C(=O)O)[C@@H]1c1cccc(Cl)c1F. The molecule has 4 rings (SSSR count). The number of carbonyl (C=O) groups excluding carboxylic acids is 1. The van der Waals surface area contributed by atoms with E-state index in [0.29, 0.717) is 17.7 Å². The van der Waals surface area contributed by atoms with E-state index in [9.17, 15) is 14.7 Å². The molecule has 4 atom stereocenters. The van der Waals surface area contributed by atoms with Crippen molar-refractivity contribution in [1.82, 2.24) is 5.32 Å². The third kappa shape index (κ3) is 3.33. The van der Waals surface area contributed by atoms with Crippen molar-refractivity contribution in [3.8, 4) is 0 Å². The van der Waals surface area contributed by atoms with Gasteiger partial charge in [-0.2, -0.15) is 0 Å². The van der Waals surface area contributed by atoms with Gasteiger partial charge in [-0.05, 0) is 47.6 Å². The van der Waals surface area contributed by atoms with Crippen LogP contribution in [0.25, 0.3) is 0 Å². The molecule has 0 unspecified atom stereocenters. The highest BCUT2D eigenvalue weighted by Crippen LogP contribution is 2.56. The number of benzene rings is 2. The Morgan fingerprint density at radius 1 is 1.26 bits per heavy atom. The maximum Gasteiger partial charge on any atom is 0.321 e. The van der Waals surface area contributed by atoms with Crippen LogP contribution >= 0.6 is 11.6 Å². The molecule has 2 aliphatic heterocycles. The van der Waals surface area contributed by atoms with Gasteiger partial charge >= 0.3 is 5.97 Å². The zero-order valence-corrected chi connectivity index (χ0v) is 18.7. The van der Waals surface area contributed by atoms with Crippen molar-refractivity contribution in [2.45, 2.75) is 57.5 Å². The number of aryl methyl sites for hydroxylation is 1. The Balaban J connectivity index is 2.04. The van der Waals surface area contributed by atoms with E-state index in [-0.39, 0.29) is 21.9 Å². The van der Waals surface area contributed by atoms with Gasteiger partial charge in [0, 0.05) is 17.6 Å². The van der Waals surface area contributed by atoms with Crippen LogP contribution in [0, 0.1) is 18.2 Å². The lowest BCUT2D eigenvalue weighted by Crippen LogP contribution is -2.49. The van der Waals surface area contributed by atoms with Crippen molar-refractivity contribution in [2.75, 3.05) is 5.32 Å². The van der Waals surface area contributed by atoms with Crippen LogP contribution in [0.4, 0.5) is 10.1 Å². The summed E-state index contributed by atoms with van der Waals surface area (Å²) < 4.78 is 15.3. The molecule has 2 aromatic carbocycles. The van der Waals surface area contributed by atoms with Gasteiger partial charge < -0.3 is 10.4 Å². The van der Waals surface area contributed by atoms with Crippen LogP contribution < -0.4 is 10.6 Å². The first-order valence-corrected chi connectivity index (χ1v) is 10.7. The van der Waals surface area contributed by atoms with Crippen molar-refractivity contribution in [1.29, 1.82) is 0 Å². The summed E-state index contributed by atoms with van der Waals surface area (Å²) in [6, 6.07) is 8.50. The highest BCUT2D eigenvalue weighted by atomic mass is 35.5. The molecule has 2 aliphatic rings. The molecule has 1 saturated heterocycles. The molecule has 5 nitrogen and oxygen atoms in total. The molecule has 1 amide bonds. The molecule has 0 radical (unpaired) electrons. The van der Waals surface area contributed by atoms with Gasteiger partial charge in [-0.1, -0.05) is 56.6 Å². The highest BCUT2D eigenvalue weighted by Gasteiger charge is 2.66. The molecule has 1 spiro atoms. The van der Waals surface area contributed by atoms with E-state index in [2.05, 4.69) is 10.6 Å². The lowest BCUT2D eigenvalue weighted by atomic mass is 9.62. The van der Waals surface area contributed by atoms with Crippen LogP contribution in [0.15, 0.2) is 36.4 Å². The average molecular weight is 445 g/mol. The van der Waals surface area contributed by atoms with Gasteiger partial charge in [0.15, 0.2) is 0 Å². The number of aliphatic carboxylic acids is 1. The molecule has 3 N–H and O–H groups in total. The summed E-state index contributed by atoms with van der Waals surface area (Å²) in [5.74, 6) is -3.11. The molecule has 1 fully saturated rings. The summed E-state index contributed by atoms with van der Waals surface area (Å²) in [4.78, 5) is 26.1. The van der Waals surface area contributed by atoms with E-state index in [0.717, 1.165) is 5.56 Å². The van der Waals surface area contributed by atoms with Gasteiger partial charge in [-0.3, -0.25) is 14.9 Å². The lowest BCUT2D eigenvalue weighted by Gasteiger charge is -2.37. The number of hydrogen-bond acceptors (Lipinski definition) is 3. The summed E-state index contributed by atoms with van der Waals surface area (Å²) in [7, 11) is 0. The summed E-state index contributed by atoms with van der Waals surface area (Å²) in [6.07, 6.45) is 0.524. The molecule has 2 heterocycles. The van der Waals surface area contributed by atoms with Crippen LogP contribution in [0.5, 0.6) is 0 Å². The first-order chi connectivity index (χ1) is 14.5. The van der Waals surface area contributed by atoms with Gasteiger partial charge in [0.1, 0.15) is 17.3 Å². The highest BCUT2D eigenvalue weighted by molar-refractivity contribution is 6.30. The van der Waals surface area contributed by atoms with Crippen molar-refractivity contribution in [3.63, 3.8) is 0 Å². The summed E-state index contributed by atoms with van der Waals surface area (Å²) in [5, 5.41) is 16.1. The molecular formula is C24H26ClFN2O3. The fourth-order valence-corrected chi connectivity index (χ4v) is 5.46. The van der Waals surface area contributed by atoms with E-state index >= 15 is 4.39 Å². The van der Waals surface area contributed by atoms with E-state index < -0.39 is 35.2 Å². The van der Waals surface area contributed by atoms with Crippen molar-refractivity contribution >= 4 is 29.2 Å². The Labute approximate surface area is 186 Å². The monoisotopic (exact) mass is 444 g/mol. The second-order valence-corrected chi connectivity index (χ2v) is 10.2. The topological polar surface area (TPSA) is 78.4 Å². The number of nitrogens with one attached hydrogen (secondary N) is 2. The molecule has 0 aromatic heterocycles. The molecule has 0 aliphatic carbocycles. The number of carboxylic acid groups (broad SMARTS) is 1. The van der Waals surface area contributed by atoms with Crippen LogP contribution in [-0.4, -0.2) is 29.1 Å². The predicted molar refractivity (Wildman–Crippen MR) is 118 cm³/mol. The Morgan fingerprint density at radius 3 is 2.61 bits per heavy atom. The Morgan fingerprint density at radius 2 is 1.97 bits per heavy atom. The molecular weight excluding hydrogens is 419 g/mol. The summed E-state index contributed by atoms with van der Waals surface area (Å²) in [6.45, 7) is 8.03. The van der Waals surface area contributed by atoms with Gasteiger partial charge in [-0.15, -0.1) is 0 Å². The van der Waals surface area contributed by atoms with Crippen LogP contribution in [0.1, 0.15) is 49.8 Å². The molecule has 164 valence electrons. The minimum absolute atomic E-state index is 0.0985. The minimum atomic E-state index is -1.29. The molecule has 2 aromatic rings. The third-order valence-corrected chi connectivity index (χ3v) is 6.69. The minimum Gasteiger partial charge on any atom is -0.480 e. The number of fused-ring (bicyclic) bond motifs is 2. The van der Waals surface area contributed by atoms with Crippen LogP contribution in [0.2, 0.25) is 5.02 Å². The molecule has 0 bridgehead atoms. The zero-order valence-electron chi connectivity index (χ0n) is 17.9.